The van der Waals surface area contributed by atoms with Gasteiger partial charge in [0.1, 0.15) is 0 Å². The van der Waals surface area contributed by atoms with Gasteiger partial charge in [0.05, 0.1) is 0 Å². The van der Waals surface area contributed by atoms with Crippen molar-refractivity contribution in [2.45, 2.75) is 6.42 Å². The number of benzene rings is 1. The summed E-state index contributed by atoms with van der Waals surface area (Å²) in [6, 6.07) is 10.2. The molecular formula is C14H14N6O. The predicted octanol–water partition coefficient (Wildman–Crippen LogP) is 1.35. The van der Waals surface area contributed by atoms with Crippen molar-refractivity contribution in [3.63, 3.8) is 0 Å². The average molecular weight is 282 g/mol. The smallest absolute Gasteiger partial charge is 0.235 e. The Balaban J connectivity index is 1.73. The van der Waals surface area contributed by atoms with Gasteiger partial charge in [0, 0.05) is 18.9 Å². The van der Waals surface area contributed by atoms with E-state index in [-0.39, 0.29) is 0 Å². The summed E-state index contributed by atoms with van der Waals surface area (Å²) in [6.45, 7) is 0.736. The second kappa shape index (κ2) is 6.00. The molecule has 0 aliphatic carbocycles. The van der Waals surface area contributed by atoms with Crippen LogP contribution in [0.2, 0.25) is 0 Å². The number of fused-ring (bicyclic) bond motifs is 1. The van der Waals surface area contributed by atoms with Crippen LogP contribution in [0.1, 0.15) is 5.56 Å². The van der Waals surface area contributed by atoms with E-state index in [1.807, 2.05) is 18.2 Å². The molecule has 0 saturated carbocycles. The van der Waals surface area contributed by atoms with Gasteiger partial charge in [0.25, 0.3) is 0 Å². The highest BCUT2D eigenvalue weighted by Gasteiger charge is 2.09. The topological polar surface area (TPSA) is 84.2 Å². The van der Waals surface area contributed by atoms with Gasteiger partial charge < -0.3 is 5.32 Å². The van der Waals surface area contributed by atoms with Crippen molar-refractivity contribution in [2.24, 2.45) is 0 Å². The number of anilines is 2. The van der Waals surface area contributed by atoms with Crippen LogP contribution in [-0.2, 0) is 11.2 Å². The van der Waals surface area contributed by atoms with E-state index in [0.717, 1.165) is 13.0 Å². The second-order valence-corrected chi connectivity index (χ2v) is 4.42. The summed E-state index contributed by atoms with van der Waals surface area (Å²) in [7, 11) is 0. The first-order valence-corrected chi connectivity index (χ1v) is 6.56. The maximum absolute atomic E-state index is 10.5. The van der Waals surface area contributed by atoms with Crippen molar-refractivity contribution in [1.82, 2.24) is 19.6 Å². The molecule has 2 N–H and O–H groups in total. The third-order valence-electron chi connectivity index (χ3n) is 3.06. The normalized spacial score (nSPS) is 10.5. The number of hydrogen-bond donors (Lipinski definition) is 2. The molecular weight excluding hydrogens is 268 g/mol. The van der Waals surface area contributed by atoms with E-state index in [0.29, 0.717) is 23.8 Å². The zero-order valence-corrected chi connectivity index (χ0v) is 11.2. The lowest BCUT2D eigenvalue weighted by atomic mass is 10.1. The number of nitrogens with one attached hydrogen (secondary N) is 2. The standard InChI is InChI=1S/C14H14N6O/c21-10-17-14-19-18-13-12(16-8-9-20(13)14)15-7-6-11-4-2-1-3-5-11/h1-5,8-10H,6-7H2,(H,15,16)(H,17,19,21). The number of nitrogens with zero attached hydrogens (tertiary/aromatic N) is 4. The van der Waals surface area contributed by atoms with Gasteiger partial charge in [-0.3, -0.25) is 14.5 Å². The minimum Gasteiger partial charge on any atom is -0.367 e. The van der Waals surface area contributed by atoms with Gasteiger partial charge in [-0.05, 0) is 12.0 Å². The summed E-state index contributed by atoms with van der Waals surface area (Å²) in [5.41, 5.74) is 1.83. The van der Waals surface area contributed by atoms with Crippen LogP contribution in [0.3, 0.4) is 0 Å². The number of rotatable bonds is 6. The molecule has 0 saturated heterocycles. The zero-order valence-electron chi connectivity index (χ0n) is 11.2. The third-order valence-corrected chi connectivity index (χ3v) is 3.06. The number of carbonyl (C=O) groups is 1. The quantitative estimate of drug-likeness (QED) is 0.667. The largest absolute Gasteiger partial charge is 0.367 e. The molecule has 3 aromatic rings. The highest BCUT2D eigenvalue weighted by molar-refractivity contribution is 5.71. The number of amides is 1. The Morgan fingerprint density at radius 3 is 2.86 bits per heavy atom. The van der Waals surface area contributed by atoms with Crippen LogP contribution in [0.15, 0.2) is 42.7 Å². The van der Waals surface area contributed by atoms with Crippen LogP contribution in [0.5, 0.6) is 0 Å². The van der Waals surface area contributed by atoms with Gasteiger partial charge in [0.15, 0.2) is 5.82 Å². The van der Waals surface area contributed by atoms with E-state index in [9.17, 15) is 4.79 Å². The molecule has 0 aliphatic heterocycles. The molecule has 1 amide bonds. The molecule has 1 aromatic carbocycles. The van der Waals surface area contributed by atoms with E-state index in [1.165, 1.54) is 5.56 Å². The van der Waals surface area contributed by atoms with E-state index in [1.54, 1.807) is 16.8 Å². The monoisotopic (exact) mass is 282 g/mol. The molecule has 7 heteroatoms. The molecule has 0 aliphatic rings. The minimum atomic E-state index is 0.369. The summed E-state index contributed by atoms with van der Waals surface area (Å²) < 4.78 is 1.67. The number of carbonyl (C=O) groups excluding carboxylic acids is 1. The van der Waals surface area contributed by atoms with Crippen LogP contribution >= 0.6 is 0 Å². The van der Waals surface area contributed by atoms with Crippen LogP contribution in [-0.4, -0.2) is 32.5 Å². The SMILES string of the molecule is O=CNc1nnc2c(NCCc3ccccc3)nccn12. The van der Waals surface area contributed by atoms with Gasteiger partial charge in [-0.1, -0.05) is 30.3 Å². The first kappa shape index (κ1) is 13.0. The Bertz CT molecular complexity index is 740. The van der Waals surface area contributed by atoms with Crippen LogP contribution in [0.25, 0.3) is 5.65 Å². The molecule has 0 radical (unpaired) electrons. The van der Waals surface area contributed by atoms with Crippen molar-refractivity contribution in [3.05, 3.63) is 48.3 Å². The summed E-state index contributed by atoms with van der Waals surface area (Å²) in [4.78, 5) is 14.8. The Labute approximate surface area is 121 Å². The number of hydrogen-bond acceptors (Lipinski definition) is 5. The lowest BCUT2D eigenvalue weighted by molar-refractivity contribution is -0.105. The predicted molar refractivity (Wildman–Crippen MR) is 79.1 cm³/mol. The Morgan fingerprint density at radius 1 is 1.19 bits per heavy atom. The molecule has 21 heavy (non-hydrogen) atoms. The fraction of sp³-hybridized carbons (Fsp3) is 0.143. The molecule has 0 unspecified atom stereocenters. The van der Waals surface area contributed by atoms with Gasteiger partial charge in [-0.15, -0.1) is 10.2 Å². The molecule has 0 bridgehead atoms. The second-order valence-electron chi connectivity index (χ2n) is 4.42. The van der Waals surface area contributed by atoms with E-state index in [4.69, 9.17) is 0 Å². The highest BCUT2D eigenvalue weighted by Crippen LogP contribution is 2.14. The fourth-order valence-electron chi connectivity index (χ4n) is 2.07. The molecule has 3 rings (SSSR count). The van der Waals surface area contributed by atoms with Crippen LogP contribution in [0, 0.1) is 0 Å². The van der Waals surface area contributed by atoms with Crippen molar-refractivity contribution < 1.29 is 4.79 Å². The van der Waals surface area contributed by atoms with Gasteiger partial charge >= 0.3 is 0 Å². The van der Waals surface area contributed by atoms with Crippen molar-refractivity contribution >= 4 is 23.8 Å². The van der Waals surface area contributed by atoms with Gasteiger partial charge in [-0.25, -0.2) is 4.98 Å². The van der Waals surface area contributed by atoms with Crippen molar-refractivity contribution in [3.8, 4) is 0 Å². The average Bonchev–Trinajstić information content (AvgIpc) is 2.93. The van der Waals surface area contributed by atoms with Crippen molar-refractivity contribution in [1.29, 1.82) is 0 Å². The summed E-state index contributed by atoms with van der Waals surface area (Å²) in [6.07, 6.45) is 4.79. The first-order valence-electron chi connectivity index (χ1n) is 6.56. The lowest BCUT2D eigenvalue weighted by Gasteiger charge is -2.06. The van der Waals surface area contributed by atoms with Crippen molar-refractivity contribution in [2.75, 3.05) is 17.2 Å². The summed E-state index contributed by atoms with van der Waals surface area (Å²) in [5.74, 6) is 1.01. The van der Waals surface area contributed by atoms with E-state index >= 15 is 0 Å². The van der Waals surface area contributed by atoms with Crippen LogP contribution in [0.4, 0.5) is 11.8 Å². The van der Waals surface area contributed by atoms with Gasteiger partial charge in [0.2, 0.25) is 18.0 Å². The van der Waals surface area contributed by atoms with Crippen LogP contribution < -0.4 is 10.6 Å². The molecule has 0 atom stereocenters. The highest BCUT2D eigenvalue weighted by atomic mass is 16.1. The molecule has 2 heterocycles. The molecule has 7 nitrogen and oxygen atoms in total. The molecule has 2 aromatic heterocycles. The Hall–Kier alpha value is -2.96. The summed E-state index contributed by atoms with van der Waals surface area (Å²) >= 11 is 0. The molecule has 0 spiro atoms. The minimum absolute atomic E-state index is 0.369. The zero-order chi connectivity index (χ0) is 14.5. The third kappa shape index (κ3) is 2.81. The molecule has 0 fully saturated rings. The Kier molecular flexibility index (Phi) is 3.72. The Morgan fingerprint density at radius 2 is 2.05 bits per heavy atom. The lowest BCUT2D eigenvalue weighted by Crippen LogP contribution is -2.08. The van der Waals surface area contributed by atoms with Gasteiger partial charge in [-0.2, -0.15) is 0 Å². The summed E-state index contributed by atoms with van der Waals surface area (Å²) in [5, 5.41) is 13.7. The first-order chi connectivity index (χ1) is 10.4. The van der Waals surface area contributed by atoms with E-state index in [2.05, 4.69) is 37.9 Å². The fourth-order valence-corrected chi connectivity index (χ4v) is 2.07. The molecule has 106 valence electrons. The number of aromatic nitrogens is 4. The van der Waals surface area contributed by atoms with E-state index < -0.39 is 0 Å². The maximum Gasteiger partial charge on any atom is 0.235 e. The maximum atomic E-state index is 10.5.